The number of benzene rings is 2. The topological polar surface area (TPSA) is 58.5 Å². The molecule has 0 fully saturated rings. The first-order chi connectivity index (χ1) is 12.8. The van der Waals surface area contributed by atoms with Gasteiger partial charge >= 0.3 is 0 Å². The molecule has 0 atom stereocenters. The van der Waals surface area contributed by atoms with E-state index in [4.69, 9.17) is 4.74 Å². The van der Waals surface area contributed by atoms with Crippen LogP contribution in [0.3, 0.4) is 0 Å². The van der Waals surface area contributed by atoms with Crippen molar-refractivity contribution in [3.8, 4) is 5.75 Å². The first-order valence-electron chi connectivity index (χ1n) is 8.71. The zero-order chi connectivity index (χ0) is 18.2. The predicted molar refractivity (Wildman–Crippen MR) is 109 cm³/mol. The van der Waals surface area contributed by atoms with E-state index in [2.05, 4.69) is 38.8 Å². The minimum Gasteiger partial charge on any atom is -0.496 e. The van der Waals surface area contributed by atoms with Crippen LogP contribution in [0.25, 0.3) is 10.2 Å². The van der Waals surface area contributed by atoms with E-state index < -0.39 is 0 Å². The number of para-hydroxylation sites is 2. The summed E-state index contributed by atoms with van der Waals surface area (Å²) in [5.74, 6) is 1.67. The Balaban J connectivity index is 1.44. The lowest BCUT2D eigenvalue weighted by Gasteiger charge is -2.13. The van der Waals surface area contributed by atoms with Crippen LogP contribution in [0.2, 0.25) is 0 Å². The average Bonchev–Trinajstić information content (AvgIpc) is 3.10. The number of aliphatic imine (C=N–C) groups is 1. The maximum Gasteiger partial charge on any atom is 0.191 e. The van der Waals surface area contributed by atoms with Gasteiger partial charge in [-0.2, -0.15) is 0 Å². The third-order valence-electron chi connectivity index (χ3n) is 4.06. The highest BCUT2D eigenvalue weighted by Crippen LogP contribution is 2.22. The summed E-state index contributed by atoms with van der Waals surface area (Å²) in [6, 6.07) is 16.3. The molecule has 0 saturated carbocycles. The van der Waals surface area contributed by atoms with Gasteiger partial charge in [0.15, 0.2) is 5.96 Å². The lowest BCUT2D eigenvalue weighted by atomic mass is 10.2. The monoisotopic (exact) mass is 368 g/mol. The quantitative estimate of drug-likeness (QED) is 0.380. The Morgan fingerprint density at radius 2 is 1.92 bits per heavy atom. The molecule has 0 aliphatic rings. The van der Waals surface area contributed by atoms with E-state index in [1.165, 1.54) is 9.71 Å². The Morgan fingerprint density at radius 3 is 2.73 bits per heavy atom. The Bertz CT molecular complexity index is 842. The second-order valence-electron chi connectivity index (χ2n) is 5.84. The van der Waals surface area contributed by atoms with Crippen LogP contribution < -0.4 is 15.4 Å². The number of nitrogens with one attached hydrogen (secondary N) is 2. The van der Waals surface area contributed by atoms with Crippen LogP contribution in [0.1, 0.15) is 17.0 Å². The van der Waals surface area contributed by atoms with Crippen molar-refractivity contribution in [3.05, 3.63) is 59.1 Å². The van der Waals surface area contributed by atoms with E-state index in [0.29, 0.717) is 6.54 Å². The van der Waals surface area contributed by atoms with Crippen molar-refractivity contribution >= 4 is 27.5 Å². The third kappa shape index (κ3) is 4.73. The van der Waals surface area contributed by atoms with E-state index in [1.54, 1.807) is 25.5 Å². The summed E-state index contributed by atoms with van der Waals surface area (Å²) >= 11 is 1.77. The van der Waals surface area contributed by atoms with Crippen LogP contribution in [0.15, 0.2) is 53.5 Å². The molecule has 3 rings (SSSR count). The highest BCUT2D eigenvalue weighted by molar-refractivity contribution is 7.18. The SMILES string of the molecule is CN=C(NCCCc1nc2ccccc2s1)NCc1ccccc1OC. The number of rotatable bonds is 7. The van der Waals surface area contributed by atoms with Crippen molar-refractivity contribution in [1.29, 1.82) is 0 Å². The number of methoxy groups -OCH3 is 1. The van der Waals surface area contributed by atoms with Crippen LogP contribution in [-0.2, 0) is 13.0 Å². The van der Waals surface area contributed by atoms with Crippen molar-refractivity contribution in [2.45, 2.75) is 19.4 Å². The van der Waals surface area contributed by atoms with Crippen LogP contribution in [0.4, 0.5) is 0 Å². The van der Waals surface area contributed by atoms with E-state index in [9.17, 15) is 0 Å². The molecular weight excluding hydrogens is 344 g/mol. The van der Waals surface area contributed by atoms with Gasteiger partial charge in [0.1, 0.15) is 5.75 Å². The maximum atomic E-state index is 5.38. The Kier molecular flexibility index (Phi) is 6.44. The van der Waals surface area contributed by atoms with Gasteiger partial charge in [-0.3, -0.25) is 4.99 Å². The number of hydrogen-bond donors (Lipinski definition) is 2. The molecule has 0 spiro atoms. The van der Waals surface area contributed by atoms with Gasteiger partial charge in [-0.1, -0.05) is 30.3 Å². The van der Waals surface area contributed by atoms with Crippen LogP contribution >= 0.6 is 11.3 Å². The Labute approximate surface area is 158 Å². The molecule has 0 bridgehead atoms. The molecular formula is C20H24N4OS. The summed E-state index contributed by atoms with van der Waals surface area (Å²) in [7, 11) is 3.47. The average molecular weight is 369 g/mol. The summed E-state index contributed by atoms with van der Waals surface area (Å²) in [4.78, 5) is 8.95. The van der Waals surface area contributed by atoms with E-state index in [0.717, 1.165) is 42.2 Å². The molecule has 0 unspecified atom stereocenters. The highest BCUT2D eigenvalue weighted by atomic mass is 32.1. The number of fused-ring (bicyclic) bond motifs is 1. The lowest BCUT2D eigenvalue weighted by molar-refractivity contribution is 0.409. The molecule has 0 amide bonds. The van der Waals surface area contributed by atoms with Gasteiger partial charge in [0.2, 0.25) is 0 Å². The van der Waals surface area contributed by atoms with Crippen LogP contribution in [0, 0.1) is 0 Å². The molecule has 0 radical (unpaired) electrons. The molecule has 136 valence electrons. The summed E-state index contributed by atoms with van der Waals surface area (Å²) < 4.78 is 6.63. The summed E-state index contributed by atoms with van der Waals surface area (Å²) in [6.07, 6.45) is 1.98. The molecule has 0 saturated heterocycles. The van der Waals surface area contributed by atoms with Crippen LogP contribution in [0.5, 0.6) is 5.75 Å². The van der Waals surface area contributed by atoms with Crippen molar-refractivity contribution in [1.82, 2.24) is 15.6 Å². The summed E-state index contributed by atoms with van der Waals surface area (Å²) in [5.41, 5.74) is 2.20. The first kappa shape index (κ1) is 18.2. The molecule has 2 N–H and O–H groups in total. The number of ether oxygens (including phenoxy) is 1. The van der Waals surface area contributed by atoms with Gasteiger partial charge < -0.3 is 15.4 Å². The third-order valence-corrected chi connectivity index (χ3v) is 5.16. The lowest BCUT2D eigenvalue weighted by Crippen LogP contribution is -2.37. The van der Waals surface area contributed by atoms with Gasteiger partial charge in [0.05, 0.1) is 22.3 Å². The fraction of sp³-hybridized carbons (Fsp3) is 0.300. The maximum absolute atomic E-state index is 5.38. The molecule has 3 aromatic rings. The second-order valence-corrected chi connectivity index (χ2v) is 6.96. The van der Waals surface area contributed by atoms with Crippen LogP contribution in [-0.4, -0.2) is 31.6 Å². The number of thiazole rings is 1. The minimum atomic E-state index is 0.668. The van der Waals surface area contributed by atoms with Crippen molar-refractivity contribution in [2.24, 2.45) is 4.99 Å². The van der Waals surface area contributed by atoms with E-state index >= 15 is 0 Å². The summed E-state index contributed by atoms with van der Waals surface area (Å²) in [5, 5.41) is 7.87. The Morgan fingerprint density at radius 1 is 1.12 bits per heavy atom. The number of guanidine groups is 1. The Hall–Kier alpha value is -2.60. The molecule has 5 nitrogen and oxygen atoms in total. The van der Waals surface area contributed by atoms with Crippen molar-refractivity contribution in [2.75, 3.05) is 20.7 Å². The van der Waals surface area contributed by atoms with Gasteiger partial charge in [-0.15, -0.1) is 11.3 Å². The van der Waals surface area contributed by atoms with E-state index in [-0.39, 0.29) is 0 Å². The smallest absolute Gasteiger partial charge is 0.191 e. The van der Waals surface area contributed by atoms with Gasteiger partial charge in [-0.25, -0.2) is 4.98 Å². The van der Waals surface area contributed by atoms with Crippen molar-refractivity contribution < 1.29 is 4.74 Å². The largest absolute Gasteiger partial charge is 0.496 e. The fourth-order valence-corrected chi connectivity index (χ4v) is 3.73. The van der Waals surface area contributed by atoms with Gasteiger partial charge in [0, 0.05) is 32.1 Å². The molecule has 1 heterocycles. The second kappa shape index (κ2) is 9.20. The molecule has 6 heteroatoms. The highest BCUT2D eigenvalue weighted by Gasteiger charge is 2.05. The summed E-state index contributed by atoms with van der Waals surface area (Å²) in [6.45, 7) is 1.52. The standard InChI is InChI=1S/C20H24N4OS/c1-21-20(23-14-15-8-3-5-10-17(15)25-2)22-13-7-12-19-24-16-9-4-6-11-18(16)26-19/h3-6,8-11H,7,12-14H2,1-2H3,(H2,21,22,23). The fourth-order valence-electron chi connectivity index (χ4n) is 2.72. The number of aryl methyl sites for hydroxylation is 1. The number of nitrogens with zero attached hydrogens (tertiary/aromatic N) is 2. The molecule has 2 aromatic carbocycles. The normalized spacial score (nSPS) is 11.5. The first-order valence-corrected chi connectivity index (χ1v) is 9.52. The predicted octanol–water partition coefficient (Wildman–Crippen LogP) is 3.60. The molecule has 0 aliphatic carbocycles. The molecule has 26 heavy (non-hydrogen) atoms. The zero-order valence-electron chi connectivity index (χ0n) is 15.2. The number of aromatic nitrogens is 1. The van der Waals surface area contributed by atoms with Crippen molar-refractivity contribution in [3.63, 3.8) is 0 Å². The van der Waals surface area contributed by atoms with E-state index in [1.807, 2.05) is 30.3 Å². The number of hydrogen-bond acceptors (Lipinski definition) is 4. The van der Waals surface area contributed by atoms with Gasteiger partial charge in [0.25, 0.3) is 0 Å². The molecule has 0 aliphatic heterocycles. The zero-order valence-corrected chi connectivity index (χ0v) is 16.0. The minimum absolute atomic E-state index is 0.668. The molecule has 1 aromatic heterocycles. The van der Waals surface area contributed by atoms with Gasteiger partial charge in [-0.05, 0) is 24.6 Å².